The fourth-order valence-electron chi connectivity index (χ4n) is 7.67. The average Bonchev–Trinajstić information content (AvgIpc) is 3.60. The highest BCUT2D eigenvalue weighted by molar-refractivity contribution is 6.02. The molecule has 1 saturated carbocycles. The van der Waals surface area contributed by atoms with Crippen molar-refractivity contribution in [3.63, 3.8) is 0 Å². The molecule has 1 aromatic rings. The van der Waals surface area contributed by atoms with Crippen molar-refractivity contribution in [2.24, 2.45) is 23.7 Å². The van der Waals surface area contributed by atoms with Crippen molar-refractivity contribution in [1.29, 1.82) is 0 Å². The van der Waals surface area contributed by atoms with Crippen molar-refractivity contribution in [1.82, 2.24) is 15.1 Å². The van der Waals surface area contributed by atoms with Gasteiger partial charge in [-0.15, -0.1) is 0 Å². The van der Waals surface area contributed by atoms with E-state index in [2.05, 4.69) is 29.4 Å². The number of hydrogen-bond donors (Lipinski definition) is 2. The predicted molar refractivity (Wildman–Crippen MR) is 155 cm³/mol. The molecule has 1 spiro atoms. The average molecular weight is 565 g/mol. The summed E-state index contributed by atoms with van der Waals surface area (Å²) in [5.74, 6) is -1.15. The summed E-state index contributed by atoms with van der Waals surface area (Å²) in [6, 6.07) is 5.05. The molecule has 6 rings (SSSR count). The monoisotopic (exact) mass is 564 g/mol. The number of rotatable bonds is 7. The van der Waals surface area contributed by atoms with E-state index in [9.17, 15) is 14.4 Å². The number of benzene rings is 1. The lowest BCUT2D eigenvalue weighted by Crippen LogP contribution is -2.58. The van der Waals surface area contributed by atoms with Crippen LogP contribution in [-0.2, 0) is 23.9 Å². The lowest BCUT2D eigenvalue weighted by Gasteiger charge is -2.38. The lowest BCUT2D eigenvalue weighted by molar-refractivity contribution is -0.142. The first-order valence-corrected chi connectivity index (χ1v) is 15.4. The predicted octanol–water partition coefficient (Wildman–Crippen LogP) is 2.67. The second-order valence-electron chi connectivity index (χ2n) is 12.9. The van der Waals surface area contributed by atoms with Gasteiger partial charge in [0.1, 0.15) is 11.6 Å². The van der Waals surface area contributed by atoms with E-state index in [-0.39, 0.29) is 23.8 Å². The molecular formula is C32H44N4O5. The fraction of sp³-hybridized carbons (Fsp3) is 0.656. The third-order valence-electron chi connectivity index (χ3n) is 10.5. The van der Waals surface area contributed by atoms with E-state index < -0.39 is 29.6 Å². The van der Waals surface area contributed by atoms with Crippen LogP contribution < -0.4 is 10.6 Å². The number of amides is 3. The van der Waals surface area contributed by atoms with Gasteiger partial charge >= 0.3 is 0 Å². The molecule has 0 aromatic heterocycles. The highest BCUT2D eigenvalue weighted by Crippen LogP contribution is 2.55. The SMILES string of the molecule is Cc1ccc(NC(=O)[C@H]2[C@H]3C=C[C@@]4(O3)[C@H]2C(=O)N(CCN2CCOCC2)[C@@H]4C(=O)N[C@@H]2CCC[C@@H](C)[C@H]2C)cc1C. The number of aryl methyl sites for hydroxylation is 2. The molecule has 41 heavy (non-hydrogen) atoms. The van der Waals surface area contributed by atoms with E-state index in [1.54, 1.807) is 4.90 Å². The van der Waals surface area contributed by atoms with Gasteiger partial charge < -0.3 is 25.0 Å². The van der Waals surface area contributed by atoms with E-state index in [0.29, 0.717) is 43.8 Å². The van der Waals surface area contributed by atoms with Gasteiger partial charge in [-0.3, -0.25) is 19.3 Å². The Labute approximate surface area is 243 Å². The van der Waals surface area contributed by atoms with Crippen molar-refractivity contribution >= 4 is 23.4 Å². The summed E-state index contributed by atoms with van der Waals surface area (Å²) < 4.78 is 12.0. The standard InChI is InChI=1S/C32H44N4O5/c1-19-8-9-23(18-21(19)3)33-29(37)26-25-10-11-32(41-25)27(26)31(39)36(13-12-35-14-16-40-17-15-35)28(32)30(38)34-24-7-5-6-20(2)22(24)4/h8-11,18,20,22,24-28H,5-7,12-17H2,1-4H3,(H,33,37)(H,34,38)/t20-,22-,24-,25-,26+,27-,28-,32-/m1/s1. The van der Waals surface area contributed by atoms with Gasteiger partial charge in [0.05, 0.1) is 31.2 Å². The summed E-state index contributed by atoms with van der Waals surface area (Å²) in [5, 5.41) is 6.37. The Hall–Kier alpha value is -2.75. The molecule has 1 aromatic carbocycles. The van der Waals surface area contributed by atoms with E-state index in [1.807, 2.05) is 44.2 Å². The number of ether oxygens (including phenoxy) is 2. The smallest absolute Gasteiger partial charge is 0.246 e. The third-order valence-corrected chi connectivity index (χ3v) is 10.5. The summed E-state index contributed by atoms with van der Waals surface area (Å²) in [6.07, 6.45) is 6.41. The Morgan fingerprint density at radius 3 is 2.59 bits per heavy atom. The molecule has 0 radical (unpaired) electrons. The number of morpholine rings is 1. The van der Waals surface area contributed by atoms with Gasteiger partial charge in [-0.25, -0.2) is 0 Å². The second-order valence-corrected chi connectivity index (χ2v) is 12.9. The molecule has 222 valence electrons. The zero-order valence-corrected chi connectivity index (χ0v) is 24.7. The minimum atomic E-state index is -1.15. The van der Waals surface area contributed by atoms with Gasteiger partial charge in [0.2, 0.25) is 17.7 Å². The van der Waals surface area contributed by atoms with Gasteiger partial charge in [0.15, 0.2) is 0 Å². The molecule has 3 saturated heterocycles. The van der Waals surface area contributed by atoms with Crippen LogP contribution >= 0.6 is 0 Å². The zero-order valence-electron chi connectivity index (χ0n) is 24.7. The minimum Gasteiger partial charge on any atom is -0.379 e. The van der Waals surface area contributed by atoms with Crippen LogP contribution in [0.15, 0.2) is 30.4 Å². The first kappa shape index (κ1) is 28.4. The van der Waals surface area contributed by atoms with Gasteiger partial charge in [-0.1, -0.05) is 44.9 Å². The Morgan fingerprint density at radius 2 is 1.83 bits per heavy atom. The summed E-state index contributed by atoms with van der Waals surface area (Å²) in [5.41, 5.74) is 1.78. The highest BCUT2D eigenvalue weighted by atomic mass is 16.5. The molecule has 3 amide bonds. The first-order chi connectivity index (χ1) is 19.7. The van der Waals surface area contributed by atoms with Crippen molar-refractivity contribution in [3.05, 3.63) is 41.5 Å². The molecule has 0 unspecified atom stereocenters. The van der Waals surface area contributed by atoms with Gasteiger partial charge in [-0.05, 0) is 55.4 Å². The van der Waals surface area contributed by atoms with E-state index in [4.69, 9.17) is 9.47 Å². The quantitative estimate of drug-likeness (QED) is 0.494. The maximum Gasteiger partial charge on any atom is 0.246 e. The van der Waals surface area contributed by atoms with Crippen LogP contribution in [0.5, 0.6) is 0 Å². The molecule has 4 fully saturated rings. The molecule has 9 nitrogen and oxygen atoms in total. The Balaban J connectivity index is 1.27. The molecule has 4 aliphatic heterocycles. The van der Waals surface area contributed by atoms with Crippen LogP contribution in [0.25, 0.3) is 0 Å². The maximum atomic E-state index is 14.2. The third kappa shape index (κ3) is 5.00. The van der Waals surface area contributed by atoms with Gasteiger partial charge in [0.25, 0.3) is 0 Å². The van der Waals surface area contributed by atoms with Crippen LogP contribution in [-0.4, -0.2) is 90.7 Å². The summed E-state index contributed by atoms with van der Waals surface area (Å²) in [7, 11) is 0. The normalized spacial score (nSPS) is 36.4. The second kappa shape index (κ2) is 11.2. The molecule has 5 aliphatic rings. The maximum absolute atomic E-state index is 14.2. The Morgan fingerprint density at radius 1 is 1.05 bits per heavy atom. The van der Waals surface area contributed by atoms with E-state index in [0.717, 1.165) is 43.5 Å². The topological polar surface area (TPSA) is 100 Å². The van der Waals surface area contributed by atoms with Gasteiger partial charge in [0, 0.05) is 37.9 Å². The van der Waals surface area contributed by atoms with Crippen molar-refractivity contribution < 1.29 is 23.9 Å². The fourth-order valence-corrected chi connectivity index (χ4v) is 7.67. The molecule has 9 heteroatoms. The van der Waals surface area contributed by atoms with Crippen molar-refractivity contribution in [3.8, 4) is 0 Å². The van der Waals surface area contributed by atoms with Crippen LogP contribution in [0.4, 0.5) is 5.69 Å². The van der Waals surface area contributed by atoms with Crippen molar-refractivity contribution in [2.75, 3.05) is 44.7 Å². The first-order valence-electron chi connectivity index (χ1n) is 15.4. The number of anilines is 1. The van der Waals surface area contributed by atoms with E-state index >= 15 is 0 Å². The van der Waals surface area contributed by atoms with Gasteiger partial charge in [-0.2, -0.15) is 0 Å². The van der Waals surface area contributed by atoms with Crippen LogP contribution in [0.1, 0.15) is 44.2 Å². The Bertz CT molecular complexity index is 1230. The van der Waals surface area contributed by atoms with Crippen LogP contribution in [0.3, 0.4) is 0 Å². The van der Waals surface area contributed by atoms with E-state index in [1.165, 1.54) is 0 Å². The highest BCUT2D eigenvalue weighted by Gasteiger charge is 2.72. The molecule has 1 aliphatic carbocycles. The number of fused-ring (bicyclic) bond motifs is 1. The summed E-state index contributed by atoms with van der Waals surface area (Å²) in [6.45, 7) is 12.5. The zero-order chi connectivity index (χ0) is 28.9. The molecule has 4 heterocycles. The number of carbonyl (C=O) groups excluding carboxylic acids is 3. The van der Waals surface area contributed by atoms with Crippen LogP contribution in [0, 0.1) is 37.5 Å². The summed E-state index contributed by atoms with van der Waals surface area (Å²) in [4.78, 5) is 46.1. The number of nitrogens with one attached hydrogen (secondary N) is 2. The molecule has 2 N–H and O–H groups in total. The number of nitrogens with zero attached hydrogens (tertiary/aromatic N) is 2. The van der Waals surface area contributed by atoms with Crippen molar-refractivity contribution in [2.45, 2.75) is 70.7 Å². The number of hydrogen-bond acceptors (Lipinski definition) is 6. The lowest BCUT2D eigenvalue weighted by atomic mass is 9.73. The molecular weight excluding hydrogens is 520 g/mol. The minimum absolute atomic E-state index is 0.0596. The molecule has 8 atom stereocenters. The number of carbonyl (C=O) groups is 3. The number of likely N-dealkylation sites (tertiary alicyclic amines) is 1. The van der Waals surface area contributed by atoms with Crippen LogP contribution in [0.2, 0.25) is 0 Å². The molecule has 2 bridgehead atoms. The Kier molecular flexibility index (Phi) is 7.72. The largest absolute Gasteiger partial charge is 0.379 e. The summed E-state index contributed by atoms with van der Waals surface area (Å²) >= 11 is 0.